The quantitative estimate of drug-likeness (QED) is 0.748. The van der Waals surface area contributed by atoms with Crippen LogP contribution in [0, 0.1) is 0 Å². The number of Topliss-reactive ketones (excluding diaryl/α,β-unsaturated/α-hetero) is 1. The van der Waals surface area contributed by atoms with Gasteiger partial charge in [0, 0.05) is 20.6 Å². The molecule has 140 valence electrons. The summed E-state index contributed by atoms with van der Waals surface area (Å²) in [4.78, 5) is 39.0. The van der Waals surface area contributed by atoms with Crippen LogP contribution in [-0.4, -0.2) is 40.0 Å². The number of hydrogen-bond acceptors (Lipinski definition) is 6. The van der Waals surface area contributed by atoms with E-state index in [1.165, 1.54) is 14.1 Å². The first-order valence-electron chi connectivity index (χ1n) is 8.11. The van der Waals surface area contributed by atoms with Gasteiger partial charge in [-0.1, -0.05) is 12.1 Å². The van der Waals surface area contributed by atoms with Gasteiger partial charge in [0.1, 0.15) is 17.1 Å². The number of hydrogen-bond donors (Lipinski definition) is 1. The van der Waals surface area contributed by atoms with Gasteiger partial charge in [-0.2, -0.15) is 0 Å². The molecule has 0 aliphatic carbocycles. The van der Waals surface area contributed by atoms with Crippen molar-refractivity contribution < 1.29 is 9.53 Å². The van der Waals surface area contributed by atoms with Crippen molar-refractivity contribution in [2.75, 3.05) is 19.9 Å². The summed E-state index contributed by atoms with van der Waals surface area (Å²) >= 11 is 0. The molecule has 1 unspecified atom stereocenters. The molecule has 0 radical (unpaired) electrons. The number of carbonyl (C=O) groups is 1. The van der Waals surface area contributed by atoms with E-state index in [1.807, 2.05) is 24.3 Å². The highest BCUT2D eigenvalue weighted by Crippen LogP contribution is 2.16. The second kappa shape index (κ2) is 7.57. The van der Waals surface area contributed by atoms with Crippen LogP contribution in [0.3, 0.4) is 0 Å². The third kappa shape index (κ3) is 3.55. The van der Waals surface area contributed by atoms with Crippen LogP contribution >= 0.6 is 0 Å². The van der Waals surface area contributed by atoms with Gasteiger partial charge in [0.15, 0.2) is 5.78 Å². The van der Waals surface area contributed by atoms with E-state index < -0.39 is 23.1 Å². The number of anilines is 1. The van der Waals surface area contributed by atoms with Crippen molar-refractivity contribution in [2.45, 2.75) is 19.5 Å². The first kappa shape index (κ1) is 19.5. The molecule has 1 aromatic carbocycles. The number of likely N-dealkylation sites (N-methyl/N-ethyl adjacent to an activating group) is 1. The van der Waals surface area contributed by atoms with Crippen molar-refractivity contribution in [2.24, 2.45) is 14.1 Å². The van der Waals surface area contributed by atoms with Gasteiger partial charge in [-0.05, 0) is 31.7 Å². The minimum absolute atomic E-state index is 0.121. The predicted octanol–water partition coefficient (Wildman–Crippen LogP) is 0.378. The Hall–Kier alpha value is -2.87. The van der Waals surface area contributed by atoms with Crippen molar-refractivity contribution >= 4 is 11.6 Å². The molecule has 8 nitrogen and oxygen atoms in total. The molecule has 0 aliphatic rings. The summed E-state index contributed by atoms with van der Waals surface area (Å²) in [5.41, 5.74) is 5.42. The average Bonchev–Trinajstić information content (AvgIpc) is 2.64. The first-order valence-corrected chi connectivity index (χ1v) is 8.11. The molecule has 8 heteroatoms. The van der Waals surface area contributed by atoms with Gasteiger partial charge in [-0.15, -0.1) is 0 Å². The number of carbonyl (C=O) groups excluding carboxylic acids is 1. The molecule has 2 aromatic rings. The van der Waals surface area contributed by atoms with Crippen LogP contribution in [0.25, 0.3) is 0 Å². The van der Waals surface area contributed by atoms with Gasteiger partial charge < -0.3 is 10.5 Å². The number of nitrogens with zero attached hydrogens (tertiary/aromatic N) is 3. The Morgan fingerprint density at radius 2 is 1.92 bits per heavy atom. The van der Waals surface area contributed by atoms with E-state index in [9.17, 15) is 14.4 Å². The molecule has 2 N–H and O–H groups in total. The number of nitrogen functional groups attached to an aromatic ring is 1. The van der Waals surface area contributed by atoms with Crippen LogP contribution in [-0.2, 0) is 20.6 Å². The Kier molecular flexibility index (Phi) is 5.66. The predicted molar refractivity (Wildman–Crippen MR) is 99.6 cm³/mol. The molecule has 0 aliphatic heterocycles. The lowest BCUT2D eigenvalue weighted by atomic mass is 10.1. The lowest BCUT2D eigenvalue weighted by molar-refractivity contribution is 0.0860. The van der Waals surface area contributed by atoms with Gasteiger partial charge >= 0.3 is 5.69 Å². The van der Waals surface area contributed by atoms with Gasteiger partial charge in [-0.25, -0.2) is 4.79 Å². The molecule has 0 saturated carbocycles. The maximum Gasteiger partial charge on any atom is 0.332 e. The first-order chi connectivity index (χ1) is 12.2. The van der Waals surface area contributed by atoms with E-state index in [4.69, 9.17) is 10.5 Å². The van der Waals surface area contributed by atoms with Crippen LogP contribution in [0.1, 0.15) is 22.8 Å². The van der Waals surface area contributed by atoms with Crippen molar-refractivity contribution in [3.05, 3.63) is 56.2 Å². The molecule has 1 atom stereocenters. The zero-order chi connectivity index (χ0) is 19.6. The summed E-state index contributed by atoms with van der Waals surface area (Å²) in [6.45, 7) is 2.18. The summed E-state index contributed by atoms with van der Waals surface area (Å²) < 4.78 is 7.19. The summed E-state index contributed by atoms with van der Waals surface area (Å²) in [7, 11) is 6.13. The summed E-state index contributed by atoms with van der Waals surface area (Å²) in [6, 6.07) is 6.92. The molecule has 0 amide bonds. The Balaban J connectivity index is 2.32. The molecular formula is C18H24N4O4. The third-order valence-corrected chi connectivity index (χ3v) is 4.56. The SMILES string of the molecule is COc1cccc(CN(C)C(C)C(=O)c2c(N)n(C)c(=O)n(C)c2=O)c1. The smallest absolute Gasteiger partial charge is 0.332 e. The fourth-order valence-corrected chi connectivity index (χ4v) is 2.70. The Morgan fingerprint density at radius 1 is 1.27 bits per heavy atom. The Bertz CT molecular complexity index is 945. The number of rotatable bonds is 6. The summed E-state index contributed by atoms with van der Waals surface area (Å²) in [5.74, 6) is 0.180. The summed E-state index contributed by atoms with van der Waals surface area (Å²) in [6.07, 6.45) is 0. The maximum absolute atomic E-state index is 12.9. The van der Waals surface area contributed by atoms with E-state index in [0.29, 0.717) is 6.54 Å². The Labute approximate surface area is 151 Å². The highest BCUT2D eigenvalue weighted by molar-refractivity contribution is 6.03. The lowest BCUT2D eigenvalue weighted by Gasteiger charge is -2.24. The number of ether oxygens (including phenoxy) is 1. The van der Waals surface area contributed by atoms with Crippen molar-refractivity contribution in [1.29, 1.82) is 0 Å². The molecule has 1 heterocycles. The van der Waals surface area contributed by atoms with E-state index in [1.54, 1.807) is 26.0 Å². The average molecular weight is 360 g/mol. The van der Waals surface area contributed by atoms with Crippen LogP contribution < -0.4 is 21.7 Å². The molecule has 0 spiro atoms. The van der Waals surface area contributed by atoms with E-state index in [0.717, 1.165) is 20.4 Å². The molecule has 26 heavy (non-hydrogen) atoms. The van der Waals surface area contributed by atoms with Gasteiger partial charge in [-0.3, -0.25) is 23.6 Å². The van der Waals surface area contributed by atoms with E-state index >= 15 is 0 Å². The normalized spacial score (nSPS) is 12.2. The fourth-order valence-electron chi connectivity index (χ4n) is 2.70. The van der Waals surface area contributed by atoms with Crippen LogP contribution in [0.4, 0.5) is 5.82 Å². The molecule has 0 bridgehead atoms. The van der Waals surface area contributed by atoms with Crippen molar-refractivity contribution in [3.8, 4) is 5.75 Å². The highest BCUT2D eigenvalue weighted by atomic mass is 16.5. The maximum atomic E-state index is 12.9. The van der Waals surface area contributed by atoms with Crippen molar-refractivity contribution in [1.82, 2.24) is 14.0 Å². The number of aromatic nitrogens is 2. The number of ketones is 1. The molecule has 0 saturated heterocycles. The van der Waals surface area contributed by atoms with Crippen molar-refractivity contribution in [3.63, 3.8) is 0 Å². The van der Waals surface area contributed by atoms with Crippen LogP contribution in [0.15, 0.2) is 33.9 Å². The van der Waals surface area contributed by atoms with Gasteiger partial charge in [0.05, 0.1) is 13.2 Å². The zero-order valence-corrected chi connectivity index (χ0v) is 15.6. The number of nitrogens with two attached hydrogens (primary N) is 1. The second-order valence-corrected chi connectivity index (χ2v) is 6.27. The minimum atomic E-state index is -0.683. The minimum Gasteiger partial charge on any atom is -0.497 e. The standard InChI is InChI=1S/C18H24N4O4/c1-11(20(2)10-12-7-6-8-13(9-12)26-5)15(23)14-16(19)21(3)18(25)22(4)17(14)24/h6-9,11H,10,19H2,1-5H3. The van der Waals surface area contributed by atoms with Gasteiger partial charge in [0.25, 0.3) is 5.56 Å². The van der Waals surface area contributed by atoms with Gasteiger partial charge in [0.2, 0.25) is 0 Å². The number of benzene rings is 1. The zero-order valence-electron chi connectivity index (χ0n) is 15.6. The molecule has 1 aromatic heterocycles. The topological polar surface area (TPSA) is 99.6 Å². The Morgan fingerprint density at radius 3 is 2.54 bits per heavy atom. The van der Waals surface area contributed by atoms with Crippen LogP contribution in [0.5, 0.6) is 5.75 Å². The fraction of sp³-hybridized carbons (Fsp3) is 0.389. The monoisotopic (exact) mass is 360 g/mol. The lowest BCUT2D eigenvalue weighted by Crippen LogP contribution is -2.45. The number of methoxy groups -OCH3 is 1. The molecule has 2 rings (SSSR count). The largest absolute Gasteiger partial charge is 0.497 e. The molecule has 0 fully saturated rings. The summed E-state index contributed by atoms with van der Waals surface area (Å²) in [5, 5.41) is 0. The third-order valence-electron chi connectivity index (χ3n) is 4.56. The second-order valence-electron chi connectivity index (χ2n) is 6.27. The highest BCUT2D eigenvalue weighted by Gasteiger charge is 2.27. The van der Waals surface area contributed by atoms with E-state index in [2.05, 4.69) is 0 Å². The van der Waals surface area contributed by atoms with E-state index in [-0.39, 0.29) is 11.4 Å². The van der Waals surface area contributed by atoms with Crippen LogP contribution in [0.2, 0.25) is 0 Å². The molecular weight excluding hydrogens is 336 g/mol.